The smallest absolute Gasteiger partial charge is 0.0713 e. The predicted octanol–water partition coefficient (Wildman–Crippen LogP) is 1.86. The van der Waals surface area contributed by atoms with Crippen molar-refractivity contribution in [3.63, 3.8) is 0 Å². The van der Waals surface area contributed by atoms with Crippen molar-refractivity contribution >= 4 is 0 Å². The maximum atomic E-state index is 6.09. The van der Waals surface area contributed by atoms with E-state index in [0.29, 0.717) is 25.2 Å². The molecule has 21 heavy (non-hydrogen) atoms. The van der Waals surface area contributed by atoms with Gasteiger partial charge in [0.1, 0.15) is 0 Å². The highest BCUT2D eigenvalue weighted by atomic mass is 16.5. The summed E-state index contributed by atoms with van der Waals surface area (Å²) in [7, 11) is 3.96. The number of methoxy groups -OCH3 is 1. The van der Waals surface area contributed by atoms with Crippen molar-refractivity contribution in [2.45, 2.75) is 32.0 Å². The van der Waals surface area contributed by atoms with Crippen LogP contribution in [0.4, 0.5) is 0 Å². The van der Waals surface area contributed by atoms with Crippen LogP contribution in [-0.2, 0) is 11.3 Å². The second-order valence-electron chi connectivity index (χ2n) is 5.97. The summed E-state index contributed by atoms with van der Waals surface area (Å²) in [6.45, 7) is 6.89. The molecule has 1 aromatic rings. The molecule has 0 amide bonds. The lowest BCUT2D eigenvalue weighted by Crippen LogP contribution is -2.53. The maximum Gasteiger partial charge on any atom is 0.0713 e. The highest BCUT2D eigenvalue weighted by Gasteiger charge is 2.28. The van der Waals surface area contributed by atoms with Gasteiger partial charge in [0, 0.05) is 45.4 Å². The van der Waals surface area contributed by atoms with Gasteiger partial charge in [-0.15, -0.1) is 0 Å². The summed E-state index contributed by atoms with van der Waals surface area (Å²) in [6, 6.07) is 9.59. The Kier molecular flexibility index (Phi) is 6.18. The van der Waals surface area contributed by atoms with Crippen molar-refractivity contribution in [1.29, 1.82) is 0 Å². The van der Waals surface area contributed by atoms with E-state index >= 15 is 0 Å². The maximum absolute atomic E-state index is 6.09. The van der Waals surface area contributed by atoms with Crippen molar-refractivity contribution in [1.82, 2.24) is 9.80 Å². The number of ether oxygens (including phenoxy) is 1. The van der Waals surface area contributed by atoms with E-state index in [1.54, 1.807) is 7.11 Å². The molecule has 0 aromatic heterocycles. The standard InChI is InChI=1S/C17H29N3O/c1-4-16-12-20(9-8-19(16)2)17(11-18)15-7-5-6-14(10-15)13-21-3/h5-7,10,16-17H,4,8-9,11-13,18H2,1-3H3. The van der Waals surface area contributed by atoms with E-state index in [1.165, 1.54) is 17.5 Å². The summed E-state index contributed by atoms with van der Waals surface area (Å²) in [5, 5.41) is 0. The molecule has 0 spiro atoms. The number of benzene rings is 1. The van der Waals surface area contributed by atoms with Crippen LogP contribution in [0, 0.1) is 0 Å². The SMILES string of the molecule is CCC1CN(C(CN)c2cccc(COC)c2)CCN1C. The quantitative estimate of drug-likeness (QED) is 0.868. The molecule has 0 saturated carbocycles. The fourth-order valence-corrected chi connectivity index (χ4v) is 3.25. The Morgan fingerprint density at radius 1 is 1.38 bits per heavy atom. The van der Waals surface area contributed by atoms with Gasteiger partial charge in [0.2, 0.25) is 0 Å². The van der Waals surface area contributed by atoms with Gasteiger partial charge in [-0.05, 0) is 24.6 Å². The van der Waals surface area contributed by atoms with Gasteiger partial charge in [-0.1, -0.05) is 31.2 Å². The second kappa shape index (κ2) is 7.90. The van der Waals surface area contributed by atoms with Crippen LogP contribution in [0.2, 0.25) is 0 Å². The lowest BCUT2D eigenvalue weighted by molar-refractivity contribution is 0.0643. The van der Waals surface area contributed by atoms with Gasteiger partial charge in [0.15, 0.2) is 0 Å². The molecule has 2 atom stereocenters. The Hall–Kier alpha value is -0.940. The highest BCUT2D eigenvalue weighted by Crippen LogP contribution is 2.24. The van der Waals surface area contributed by atoms with Crippen LogP contribution >= 0.6 is 0 Å². The van der Waals surface area contributed by atoms with Crippen LogP contribution in [-0.4, -0.2) is 56.2 Å². The largest absolute Gasteiger partial charge is 0.380 e. The molecule has 1 aliphatic heterocycles. The lowest BCUT2D eigenvalue weighted by Gasteiger charge is -2.42. The second-order valence-corrected chi connectivity index (χ2v) is 5.97. The van der Waals surface area contributed by atoms with Crippen molar-refractivity contribution in [2.24, 2.45) is 5.73 Å². The van der Waals surface area contributed by atoms with Crippen molar-refractivity contribution in [2.75, 3.05) is 40.3 Å². The molecule has 0 radical (unpaired) electrons. The molecular weight excluding hydrogens is 262 g/mol. The first-order valence-electron chi connectivity index (χ1n) is 7.91. The number of hydrogen-bond acceptors (Lipinski definition) is 4. The summed E-state index contributed by atoms with van der Waals surface area (Å²) in [6.07, 6.45) is 1.19. The summed E-state index contributed by atoms with van der Waals surface area (Å²) in [4.78, 5) is 5.01. The molecule has 1 heterocycles. The highest BCUT2D eigenvalue weighted by molar-refractivity contribution is 5.26. The molecule has 0 aliphatic carbocycles. The number of piperazine rings is 1. The molecule has 4 heteroatoms. The lowest BCUT2D eigenvalue weighted by atomic mass is 10.00. The molecule has 2 unspecified atom stereocenters. The van der Waals surface area contributed by atoms with Crippen molar-refractivity contribution in [3.05, 3.63) is 35.4 Å². The van der Waals surface area contributed by atoms with Gasteiger partial charge < -0.3 is 15.4 Å². The van der Waals surface area contributed by atoms with Crippen LogP contribution in [0.5, 0.6) is 0 Å². The first-order chi connectivity index (χ1) is 10.2. The third-order valence-electron chi connectivity index (χ3n) is 4.59. The van der Waals surface area contributed by atoms with Gasteiger partial charge in [0.25, 0.3) is 0 Å². The minimum Gasteiger partial charge on any atom is -0.380 e. The number of likely N-dealkylation sites (N-methyl/N-ethyl adjacent to an activating group) is 1. The van der Waals surface area contributed by atoms with E-state index in [2.05, 4.69) is 48.0 Å². The van der Waals surface area contributed by atoms with Crippen LogP contribution in [0.15, 0.2) is 24.3 Å². The summed E-state index contributed by atoms with van der Waals surface area (Å²) in [5.41, 5.74) is 8.62. The number of hydrogen-bond donors (Lipinski definition) is 1. The van der Waals surface area contributed by atoms with Gasteiger partial charge in [-0.2, -0.15) is 0 Å². The topological polar surface area (TPSA) is 41.7 Å². The molecule has 1 aliphatic rings. The average molecular weight is 291 g/mol. The van der Waals surface area contributed by atoms with Crippen molar-refractivity contribution < 1.29 is 4.74 Å². The summed E-state index contributed by atoms with van der Waals surface area (Å²) < 4.78 is 5.24. The first kappa shape index (κ1) is 16.4. The molecule has 1 fully saturated rings. The van der Waals surface area contributed by atoms with Crippen LogP contribution in [0.1, 0.15) is 30.5 Å². The van der Waals surface area contributed by atoms with Gasteiger partial charge in [0.05, 0.1) is 6.61 Å². The minimum absolute atomic E-state index is 0.310. The Labute approximate surface area is 128 Å². The number of nitrogens with zero attached hydrogens (tertiary/aromatic N) is 2. The van der Waals surface area contributed by atoms with Crippen LogP contribution < -0.4 is 5.73 Å². The van der Waals surface area contributed by atoms with Gasteiger partial charge in [-0.25, -0.2) is 0 Å². The number of rotatable bonds is 6. The fraction of sp³-hybridized carbons (Fsp3) is 0.647. The average Bonchev–Trinajstić information content (AvgIpc) is 2.50. The van der Waals surface area contributed by atoms with E-state index in [-0.39, 0.29) is 0 Å². The molecule has 118 valence electrons. The molecule has 4 nitrogen and oxygen atoms in total. The van der Waals surface area contributed by atoms with E-state index < -0.39 is 0 Å². The zero-order valence-electron chi connectivity index (χ0n) is 13.6. The number of nitrogens with two attached hydrogens (primary N) is 1. The zero-order chi connectivity index (χ0) is 15.2. The van der Waals surface area contributed by atoms with Crippen molar-refractivity contribution in [3.8, 4) is 0 Å². The Bertz CT molecular complexity index is 438. The van der Waals surface area contributed by atoms with Crippen LogP contribution in [0.25, 0.3) is 0 Å². The molecular formula is C17H29N3O. The van der Waals surface area contributed by atoms with E-state index in [9.17, 15) is 0 Å². The fourth-order valence-electron chi connectivity index (χ4n) is 3.25. The summed E-state index contributed by atoms with van der Waals surface area (Å²) in [5.74, 6) is 0. The zero-order valence-corrected chi connectivity index (χ0v) is 13.6. The van der Waals surface area contributed by atoms with Gasteiger partial charge >= 0.3 is 0 Å². The van der Waals surface area contributed by atoms with Crippen LogP contribution in [0.3, 0.4) is 0 Å². The molecule has 2 N–H and O–H groups in total. The van der Waals surface area contributed by atoms with E-state index in [1.807, 2.05) is 0 Å². The molecule has 1 aromatic carbocycles. The molecule has 1 saturated heterocycles. The molecule has 2 rings (SSSR count). The van der Waals surface area contributed by atoms with E-state index in [0.717, 1.165) is 19.6 Å². The Balaban J connectivity index is 2.13. The first-order valence-corrected chi connectivity index (χ1v) is 7.91. The minimum atomic E-state index is 0.310. The summed E-state index contributed by atoms with van der Waals surface area (Å²) >= 11 is 0. The normalized spacial score (nSPS) is 22.4. The van der Waals surface area contributed by atoms with E-state index in [4.69, 9.17) is 10.5 Å². The predicted molar refractivity (Wildman–Crippen MR) is 87.2 cm³/mol. The Morgan fingerprint density at radius 2 is 2.19 bits per heavy atom. The Morgan fingerprint density at radius 3 is 2.86 bits per heavy atom. The monoisotopic (exact) mass is 291 g/mol. The molecule has 0 bridgehead atoms. The third kappa shape index (κ3) is 4.04. The van der Waals surface area contributed by atoms with Gasteiger partial charge in [-0.3, -0.25) is 4.90 Å². The third-order valence-corrected chi connectivity index (χ3v) is 4.59.